The van der Waals surface area contributed by atoms with Crippen LogP contribution in [0.1, 0.15) is 31.2 Å². The van der Waals surface area contributed by atoms with Crippen LogP contribution in [0.5, 0.6) is 0 Å². The molecule has 3 aromatic rings. The number of rotatable bonds is 6. The monoisotopic (exact) mass is 498 g/mol. The summed E-state index contributed by atoms with van der Waals surface area (Å²) in [5.74, 6) is -0.594. The van der Waals surface area contributed by atoms with Crippen LogP contribution in [0.3, 0.4) is 0 Å². The Bertz CT molecular complexity index is 1250. The Morgan fingerprint density at radius 2 is 1.79 bits per heavy atom. The number of fused-ring (bicyclic) bond motifs is 1. The summed E-state index contributed by atoms with van der Waals surface area (Å²) in [6, 6.07) is 9.34. The van der Waals surface area contributed by atoms with Crippen LogP contribution in [0.15, 0.2) is 47.4 Å². The molecule has 0 atom stereocenters. The average molecular weight is 499 g/mol. The first-order valence-corrected chi connectivity index (χ1v) is 12.5. The lowest BCUT2D eigenvalue weighted by Gasteiger charge is -2.28. The largest absolute Gasteiger partial charge is 0.416 e. The van der Waals surface area contributed by atoms with Gasteiger partial charge in [-0.3, -0.25) is 4.79 Å². The minimum atomic E-state index is -4.48. The molecule has 4 rings (SSSR count). The molecule has 33 heavy (non-hydrogen) atoms. The Kier molecular flexibility index (Phi) is 6.68. The number of anilines is 1. The first kappa shape index (κ1) is 23.6. The van der Waals surface area contributed by atoms with Gasteiger partial charge in [-0.1, -0.05) is 12.1 Å². The maximum atomic E-state index is 12.9. The van der Waals surface area contributed by atoms with Gasteiger partial charge in [0.05, 0.1) is 17.3 Å². The molecule has 0 saturated heterocycles. The Morgan fingerprint density at radius 1 is 1.06 bits per heavy atom. The molecular weight excluding hydrogens is 477 g/mol. The van der Waals surface area contributed by atoms with Gasteiger partial charge in [0, 0.05) is 18.2 Å². The molecule has 1 aliphatic rings. The lowest BCUT2D eigenvalue weighted by molar-refractivity contribution is -0.137. The van der Waals surface area contributed by atoms with Crippen molar-refractivity contribution in [3.05, 3.63) is 48.0 Å². The van der Waals surface area contributed by atoms with E-state index >= 15 is 0 Å². The highest BCUT2D eigenvalue weighted by atomic mass is 32.2. The van der Waals surface area contributed by atoms with Gasteiger partial charge in [0.1, 0.15) is 15.9 Å². The number of hydrogen-bond acceptors (Lipinski definition) is 6. The van der Waals surface area contributed by atoms with Crippen molar-refractivity contribution in [1.29, 1.82) is 0 Å². The van der Waals surface area contributed by atoms with Crippen molar-refractivity contribution in [3.63, 3.8) is 0 Å². The third-order valence-electron chi connectivity index (χ3n) is 5.78. The van der Waals surface area contributed by atoms with Gasteiger partial charge in [-0.2, -0.15) is 21.9 Å². The van der Waals surface area contributed by atoms with Gasteiger partial charge in [-0.05, 0) is 61.9 Å². The van der Waals surface area contributed by atoms with Crippen LogP contribution in [0.2, 0.25) is 0 Å². The molecule has 176 valence electrons. The Labute approximate surface area is 192 Å². The highest BCUT2D eigenvalue weighted by Crippen LogP contribution is 2.32. The molecule has 1 amide bonds. The van der Waals surface area contributed by atoms with E-state index in [0.29, 0.717) is 36.7 Å². The van der Waals surface area contributed by atoms with Crippen LogP contribution in [0, 0.1) is 11.8 Å². The third kappa shape index (κ3) is 5.50. The first-order chi connectivity index (χ1) is 15.6. The van der Waals surface area contributed by atoms with Crippen molar-refractivity contribution in [2.75, 3.05) is 11.9 Å². The summed E-state index contributed by atoms with van der Waals surface area (Å²) in [6.07, 6.45) is -2.16. The molecule has 12 heteroatoms. The first-order valence-electron chi connectivity index (χ1n) is 10.3. The summed E-state index contributed by atoms with van der Waals surface area (Å²) < 4.78 is 74.8. The summed E-state index contributed by atoms with van der Waals surface area (Å²) in [4.78, 5) is 12.6. The van der Waals surface area contributed by atoms with Gasteiger partial charge >= 0.3 is 6.18 Å². The zero-order valence-corrected chi connectivity index (χ0v) is 18.9. The average Bonchev–Trinajstić information content (AvgIpc) is 3.26. The van der Waals surface area contributed by atoms with Crippen molar-refractivity contribution >= 4 is 44.4 Å². The van der Waals surface area contributed by atoms with Crippen molar-refractivity contribution in [1.82, 2.24) is 13.5 Å². The van der Waals surface area contributed by atoms with E-state index in [-0.39, 0.29) is 34.9 Å². The van der Waals surface area contributed by atoms with Crippen molar-refractivity contribution < 1.29 is 26.4 Å². The fraction of sp³-hybridized carbons (Fsp3) is 0.381. The lowest BCUT2D eigenvalue weighted by atomic mass is 9.81. The summed E-state index contributed by atoms with van der Waals surface area (Å²) in [6.45, 7) is 0.234. The molecule has 0 bridgehead atoms. The van der Waals surface area contributed by atoms with Crippen molar-refractivity contribution in [3.8, 4) is 0 Å². The summed E-state index contributed by atoms with van der Waals surface area (Å²) in [5, 5.41) is 2.57. The van der Waals surface area contributed by atoms with Gasteiger partial charge in [0.2, 0.25) is 15.9 Å². The third-order valence-corrected chi connectivity index (χ3v) is 7.77. The second-order valence-electron chi connectivity index (χ2n) is 8.03. The van der Waals surface area contributed by atoms with E-state index in [9.17, 15) is 26.4 Å². The van der Waals surface area contributed by atoms with E-state index < -0.39 is 21.8 Å². The number of aromatic nitrogens is 2. The molecular formula is C21H21F3N4O3S2. The van der Waals surface area contributed by atoms with E-state index in [4.69, 9.17) is 0 Å². The Balaban J connectivity index is 1.30. The highest BCUT2D eigenvalue weighted by Gasteiger charge is 2.31. The lowest BCUT2D eigenvalue weighted by Crippen LogP contribution is -2.33. The fourth-order valence-electron chi connectivity index (χ4n) is 3.95. The Morgan fingerprint density at radius 3 is 2.52 bits per heavy atom. The molecule has 0 spiro atoms. The van der Waals surface area contributed by atoms with Crippen molar-refractivity contribution in [2.24, 2.45) is 11.8 Å². The van der Waals surface area contributed by atoms with E-state index in [0.717, 1.165) is 23.9 Å². The molecule has 2 aromatic carbocycles. The molecule has 0 radical (unpaired) electrons. The van der Waals surface area contributed by atoms with E-state index in [1.807, 2.05) is 0 Å². The van der Waals surface area contributed by atoms with Gasteiger partial charge in [-0.25, -0.2) is 13.1 Å². The number of carbonyl (C=O) groups excluding carboxylic acids is 1. The standard InChI is InChI=1S/C21H21F3N4O3S2/c22-21(23,24)15-3-1-4-16(11-15)26-20(29)14-9-7-13(8-10-14)12-25-33(30,31)18-6-2-5-17-19(18)28-32-27-17/h1-6,11,13-14,25H,7-10,12H2,(H,26,29). The van der Waals surface area contributed by atoms with Crippen LogP contribution in [-0.4, -0.2) is 29.6 Å². The van der Waals surface area contributed by atoms with Gasteiger partial charge < -0.3 is 5.32 Å². The Hall–Kier alpha value is -2.57. The fourth-order valence-corrected chi connectivity index (χ4v) is 5.83. The molecule has 2 N–H and O–H groups in total. The van der Waals surface area contributed by atoms with Gasteiger partial charge in [0.25, 0.3) is 0 Å². The normalized spacial score (nSPS) is 19.5. The quantitative estimate of drug-likeness (QED) is 0.524. The second kappa shape index (κ2) is 9.35. The number of alkyl halides is 3. The van der Waals surface area contributed by atoms with Crippen LogP contribution >= 0.6 is 11.7 Å². The predicted octanol–water partition coefficient (Wildman–Crippen LogP) is 4.43. The topological polar surface area (TPSA) is 101 Å². The van der Waals surface area contributed by atoms with E-state index in [1.165, 1.54) is 18.2 Å². The molecule has 0 aliphatic heterocycles. The molecule has 7 nitrogen and oxygen atoms in total. The maximum absolute atomic E-state index is 12.9. The smallest absolute Gasteiger partial charge is 0.326 e. The summed E-state index contributed by atoms with van der Waals surface area (Å²) in [5.41, 5.74) is 0.149. The minimum Gasteiger partial charge on any atom is -0.326 e. The highest BCUT2D eigenvalue weighted by molar-refractivity contribution is 7.89. The SMILES string of the molecule is O=C(Nc1cccc(C(F)(F)F)c1)C1CCC(CNS(=O)(=O)c2cccc3nsnc23)CC1. The second-order valence-corrected chi connectivity index (χ2v) is 10.3. The summed E-state index contributed by atoms with van der Waals surface area (Å²) in [7, 11) is -3.76. The van der Waals surface area contributed by atoms with Crippen LogP contribution in [0.4, 0.5) is 18.9 Å². The molecule has 1 heterocycles. The molecule has 1 aromatic heterocycles. The number of nitrogens with one attached hydrogen (secondary N) is 2. The van der Waals surface area contributed by atoms with Gasteiger partial charge in [-0.15, -0.1) is 0 Å². The molecule has 0 unspecified atom stereocenters. The number of halogens is 3. The van der Waals surface area contributed by atoms with E-state index in [2.05, 4.69) is 18.8 Å². The number of hydrogen-bond donors (Lipinski definition) is 2. The zero-order valence-electron chi connectivity index (χ0n) is 17.3. The van der Waals surface area contributed by atoms with Crippen LogP contribution in [0.25, 0.3) is 11.0 Å². The molecule has 1 fully saturated rings. The molecule has 1 saturated carbocycles. The summed E-state index contributed by atoms with van der Waals surface area (Å²) >= 11 is 0.949. The maximum Gasteiger partial charge on any atom is 0.416 e. The molecule has 1 aliphatic carbocycles. The number of benzene rings is 2. The predicted molar refractivity (Wildman–Crippen MR) is 118 cm³/mol. The number of sulfonamides is 1. The number of carbonyl (C=O) groups is 1. The number of amides is 1. The van der Waals surface area contributed by atoms with E-state index in [1.54, 1.807) is 12.1 Å². The minimum absolute atomic E-state index is 0.0603. The van der Waals surface area contributed by atoms with Gasteiger partial charge in [0.15, 0.2) is 0 Å². The zero-order chi connectivity index (χ0) is 23.6. The van der Waals surface area contributed by atoms with Crippen LogP contribution in [-0.2, 0) is 21.0 Å². The van der Waals surface area contributed by atoms with Crippen molar-refractivity contribution in [2.45, 2.75) is 36.8 Å². The van der Waals surface area contributed by atoms with Crippen LogP contribution < -0.4 is 10.0 Å². The number of nitrogens with zero attached hydrogens (tertiary/aromatic N) is 2.